The van der Waals surface area contributed by atoms with Gasteiger partial charge >= 0.3 is 5.97 Å². The number of esters is 1. The third-order valence-corrected chi connectivity index (χ3v) is 1.74. The molecule has 0 N–H and O–H groups in total. The van der Waals surface area contributed by atoms with Gasteiger partial charge in [0.2, 0.25) is 0 Å². The summed E-state index contributed by atoms with van der Waals surface area (Å²) >= 11 is 0. The molecule has 0 unspecified atom stereocenters. The minimum absolute atomic E-state index is 0.466. The third-order valence-electron chi connectivity index (χ3n) is 1.74. The van der Waals surface area contributed by atoms with Gasteiger partial charge in [-0.05, 0) is 19.9 Å². The zero-order chi connectivity index (χ0) is 12.3. The van der Waals surface area contributed by atoms with Crippen molar-refractivity contribution in [2.45, 2.75) is 20.0 Å². The number of nitro groups is 1. The first-order valence-electron chi connectivity index (χ1n) is 4.57. The number of halogens is 1. The minimum Gasteiger partial charge on any atom is -0.459 e. The molecule has 0 amide bonds. The van der Waals surface area contributed by atoms with Crippen LogP contribution in [0.1, 0.15) is 24.2 Å². The molecule has 0 atom stereocenters. The highest BCUT2D eigenvalue weighted by Gasteiger charge is 2.26. The Hall–Kier alpha value is -1.98. The van der Waals surface area contributed by atoms with E-state index in [0.717, 1.165) is 12.1 Å². The number of carbonyl (C=O) groups excluding carboxylic acids is 1. The van der Waals surface area contributed by atoms with E-state index in [4.69, 9.17) is 4.74 Å². The summed E-state index contributed by atoms with van der Waals surface area (Å²) in [4.78, 5) is 21.2. The van der Waals surface area contributed by atoms with Gasteiger partial charge < -0.3 is 4.74 Å². The summed E-state index contributed by atoms with van der Waals surface area (Å²) < 4.78 is 18.0. The maximum absolute atomic E-state index is 13.3. The molecule has 0 fully saturated rings. The molecule has 0 spiro atoms. The Labute approximate surface area is 91.0 Å². The number of nitro benzene ring substituents is 1. The van der Waals surface area contributed by atoms with Crippen LogP contribution < -0.4 is 0 Å². The Kier molecular flexibility index (Phi) is 3.55. The molecule has 1 rings (SSSR count). The molecule has 0 aliphatic carbocycles. The monoisotopic (exact) mass is 227 g/mol. The van der Waals surface area contributed by atoms with E-state index in [1.54, 1.807) is 13.8 Å². The first-order valence-corrected chi connectivity index (χ1v) is 4.57. The Morgan fingerprint density at radius 3 is 2.62 bits per heavy atom. The quantitative estimate of drug-likeness (QED) is 0.451. The van der Waals surface area contributed by atoms with Crippen LogP contribution in [-0.2, 0) is 4.74 Å². The van der Waals surface area contributed by atoms with E-state index in [1.807, 2.05) is 0 Å². The molecule has 0 saturated heterocycles. The Morgan fingerprint density at radius 1 is 1.50 bits per heavy atom. The van der Waals surface area contributed by atoms with Crippen LogP contribution in [0.2, 0.25) is 0 Å². The summed E-state index contributed by atoms with van der Waals surface area (Å²) in [6.45, 7) is 3.15. The minimum atomic E-state index is -1.03. The molecule has 0 bridgehead atoms. The highest BCUT2D eigenvalue weighted by molar-refractivity contribution is 5.94. The van der Waals surface area contributed by atoms with Crippen LogP contribution in [0.15, 0.2) is 18.2 Å². The van der Waals surface area contributed by atoms with Gasteiger partial charge in [0.15, 0.2) is 5.56 Å². The summed E-state index contributed by atoms with van der Waals surface area (Å²) in [7, 11) is 0. The Balaban J connectivity index is 3.20. The van der Waals surface area contributed by atoms with Crippen molar-refractivity contribution in [3.63, 3.8) is 0 Å². The molecular formula is C10H10FNO4. The number of hydrogen-bond donors (Lipinski definition) is 0. The fraction of sp³-hybridized carbons (Fsp3) is 0.300. The molecule has 0 aliphatic rings. The molecule has 6 heteroatoms. The van der Waals surface area contributed by atoms with Crippen LogP contribution in [0.25, 0.3) is 0 Å². The van der Waals surface area contributed by atoms with Gasteiger partial charge in [-0.2, -0.15) is 0 Å². The molecule has 0 aliphatic heterocycles. The van der Waals surface area contributed by atoms with Crippen LogP contribution in [0.4, 0.5) is 10.1 Å². The molecule has 1 aromatic rings. The summed E-state index contributed by atoms with van der Waals surface area (Å²) in [6.07, 6.45) is -0.466. The number of benzene rings is 1. The van der Waals surface area contributed by atoms with Crippen molar-refractivity contribution in [3.05, 3.63) is 39.7 Å². The van der Waals surface area contributed by atoms with Crippen molar-refractivity contribution in [1.29, 1.82) is 0 Å². The highest BCUT2D eigenvalue weighted by atomic mass is 19.1. The number of ether oxygens (including phenoxy) is 1. The lowest BCUT2D eigenvalue weighted by molar-refractivity contribution is -0.385. The molecule has 16 heavy (non-hydrogen) atoms. The van der Waals surface area contributed by atoms with Gasteiger partial charge in [0, 0.05) is 6.07 Å². The van der Waals surface area contributed by atoms with Gasteiger partial charge in [-0.15, -0.1) is 0 Å². The molecule has 0 aromatic heterocycles. The zero-order valence-electron chi connectivity index (χ0n) is 8.77. The van der Waals surface area contributed by atoms with Crippen LogP contribution in [-0.4, -0.2) is 17.0 Å². The molecular weight excluding hydrogens is 217 g/mol. The number of carbonyl (C=O) groups is 1. The first-order chi connectivity index (χ1) is 7.43. The summed E-state index contributed by atoms with van der Waals surface area (Å²) in [5, 5.41) is 10.6. The maximum Gasteiger partial charge on any atom is 0.348 e. The van der Waals surface area contributed by atoms with Gasteiger partial charge in [0.05, 0.1) is 11.0 Å². The summed E-state index contributed by atoms with van der Waals surface area (Å²) in [5.41, 5.74) is -1.23. The zero-order valence-corrected chi connectivity index (χ0v) is 8.77. The van der Waals surface area contributed by atoms with Gasteiger partial charge in [-0.25, -0.2) is 9.18 Å². The maximum atomic E-state index is 13.3. The van der Waals surface area contributed by atoms with E-state index in [0.29, 0.717) is 0 Å². The average Bonchev–Trinajstić information content (AvgIpc) is 2.15. The fourth-order valence-electron chi connectivity index (χ4n) is 1.14. The molecule has 5 nitrogen and oxygen atoms in total. The lowest BCUT2D eigenvalue weighted by atomic mass is 10.1. The largest absolute Gasteiger partial charge is 0.459 e. The Bertz CT molecular complexity index is 431. The molecule has 0 saturated carbocycles. The van der Waals surface area contributed by atoms with E-state index in [2.05, 4.69) is 0 Å². The van der Waals surface area contributed by atoms with Crippen molar-refractivity contribution in [1.82, 2.24) is 0 Å². The van der Waals surface area contributed by atoms with Crippen LogP contribution >= 0.6 is 0 Å². The van der Waals surface area contributed by atoms with Gasteiger partial charge in [0.1, 0.15) is 5.82 Å². The van der Waals surface area contributed by atoms with E-state index in [-0.39, 0.29) is 0 Å². The predicted octanol–water partition coefficient (Wildman–Crippen LogP) is 2.30. The molecule has 86 valence electrons. The van der Waals surface area contributed by atoms with Crippen molar-refractivity contribution >= 4 is 11.7 Å². The first kappa shape index (κ1) is 12.1. The second kappa shape index (κ2) is 4.69. The topological polar surface area (TPSA) is 69.4 Å². The normalized spacial score (nSPS) is 10.2. The Morgan fingerprint density at radius 2 is 2.12 bits per heavy atom. The second-order valence-electron chi connectivity index (χ2n) is 3.35. The van der Waals surface area contributed by atoms with E-state index < -0.39 is 34.1 Å². The lowest BCUT2D eigenvalue weighted by Gasteiger charge is -2.08. The number of rotatable bonds is 3. The highest BCUT2D eigenvalue weighted by Crippen LogP contribution is 2.22. The van der Waals surface area contributed by atoms with Crippen molar-refractivity contribution in [3.8, 4) is 0 Å². The van der Waals surface area contributed by atoms with Crippen molar-refractivity contribution in [2.24, 2.45) is 0 Å². The van der Waals surface area contributed by atoms with E-state index in [9.17, 15) is 19.3 Å². The summed E-state index contributed by atoms with van der Waals surface area (Å²) in [5.74, 6) is -1.99. The average molecular weight is 227 g/mol. The molecule has 1 aromatic carbocycles. The van der Waals surface area contributed by atoms with Crippen molar-refractivity contribution in [2.75, 3.05) is 0 Å². The smallest absolute Gasteiger partial charge is 0.348 e. The van der Waals surface area contributed by atoms with E-state index >= 15 is 0 Å². The lowest BCUT2D eigenvalue weighted by Crippen LogP contribution is -2.15. The third kappa shape index (κ3) is 2.53. The van der Waals surface area contributed by atoms with E-state index in [1.165, 1.54) is 6.07 Å². The van der Waals surface area contributed by atoms with Crippen LogP contribution in [0.3, 0.4) is 0 Å². The molecule has 0 radical (unpaired) electrons. The van der Waals surface area contributed by atoms with Gasteiger partial charge in [-0.3, -0.25) is 10.1 Å². The predicted molar refractivity (Wildman–Crippen MR) is 53.6 cm³/mol. The van der Waals surface area contributed by atoms with Gasteiger partial charge in [0.25, 0.3) is 5.69 Å². The van der Waals surface area contributed by atoms with Crippen LogP contribution in [0.5, 0.6) is 0 Å². The number of nitrogens with zero attached hydrogens (tertiary/aromatic N) is 1. The standard InChI is InChI=1S/C10H10FNO4/c1-6(2)16-10(13)9-7(11)4-3-5-8(9)12(14)15/h3-6H,1-2H3. The molecule has 0 heterocycles. The SMILES string of the molecule is CC(C)OC(=O)c1c(F)cccc1[N+](=O)[O-]. The number of hydrogen-bond acceptors (Lipinski definition) is 4. The van der Waals surface area contributed by atoms with Crippen LogP contribution in [0, 0.1) is 15.9 Å². The second-order valence-corrected chi connectivity index (χ2v) is 3.35. The van der Waals surface area contributed by atoms with Crippen molar-refractivity contribution < 1.29 is 18.8 Å². The summed E-state index contributed by atoms with van der Waals surface area (Å²) in [6, 6.07) is 3.20. The van der Waals surface area contributed by atoms with Gasteiger partial charge in [-0.1, -0.05) is 6.07 Å². The fourth-order valence-corrected chi connectivity index (χ4v) is 1.14.